The van der Waals surface area contributed by atoms with E-state index in [4.69, 9.17) is 14.9 Å². The molecule has 0 aliphatic carbocycles. The lowest BCUT2D eigenvalue weighted by Gasteiger charge is -2.16. The van der Waals surface area contributed by atoms with Crippen molar-refractivity contribution in [3.05, 3.63) is 0 Å². The maximum atomic E-state index is 11.0. The number of aliphatic hydroxyl groups excluding tert-OH is 2. The lowest BCUT2D eigenvalue weighted by atomic mass is 9.93. The average Bonchev–Trinajstić information content (AvgIpc) is 2.27. The van der Waals surface area contributed by atoms with Crippen LogP contribution in [0.5, 0.6) is 0 Å². The van der Waals surface area contributed by atoms with Gasteiger partial charge in [-0.15, -0.1) is 0 Å². The van der Waals surface area contributed by atoms with Gasteiger partial charge >= 0.3 is 5.97 Å². The Morgan fingerprint density at radius 3 is 2.44 bits per heavy atom. The Morgan fingerprint density at radius 2 is 1.94 bits per heavy atom. The van der Waals surface area contributed by atoms with Crippen molar-refractivity contribution in [3.63, 3.8) is 0 Å². The zero-order chi connectivity index (χ0) is 12.6. The lowest BCUT2D eigenvalue weighted by molar-refractivity contribution is -0.155. The first-order valence-corrected chi connectivity index (χ1v) is 5.96. The van der Waals surface area contributed by atoms with Crippen LogP contribution in [-0.4, -0.2) is 35.5 Å². The monoisotopic (exact) mass is 232 g/mol. The summed E-state index contributed by atoms with van der Waals surface area (Å²) in [7, 11) is 0. The van der Waals surface area contributed by atoms with E-state index >= 15 is 0 Å². The molecular weight excluding hydrogens is 208 g/mol. The zero-order valence-corrected chi connectivity index (χ0v) is 10.5. The summed E-state index contributed by atoms with van der Waals surface area (Å²) in [5, 5.41) is 17.5. The Hall–Kier alpha value is -0.610. The molecule has 2 N–H and O–H groups in total. The Bertz CT molecular complexity index is 193. The number of ether oxygens (including phenoxy) is 1. The van der Waals surface area contributed by atoms with Gasteiger partial charge in [0, 0.05) is 0 Å². The van der Waals surface area contributed by atoms with Crippen LogP contribution in [0.1, 0.15) is 40.0 Å². The van der Waals surface area contributed by atoms with Gasteiger partial charge in [0.1, 0.15) is 0 Å². The van der Waals surface area contributed by atoms with Crippen molar-refractivity contribution in [2.75, 3.05) is 13.2 Å². The summed E-state index contributed by atoms with van der Waals surface area (Å²) in [6, 6.07) is 0. The van der Waals surface area contributed by atoms with Gasteiger partial charge in [0.25, 0.3) is 0 Å². The topological polar surface area (TPSA) is 66.8 Å². The van der Waals surface area contributed by atoms with Gasteiger partial charge in [0.2, 0.25) is 0 Å². The molecule has 0 aliphatic heterocycles. The Kier molecular flexibility index (Phi) is 8.21. The first kappa shape index (κ1) is 15.4. The summed E-state index contributed by atoms with van der Waals surface area (Å²) in [5.41, 5.74) is 0. The van der Waals surface area contributed by atoms with Gasteiger partial charge in [-0.25, -0.2) is 4.79 Å². The highest BCUT2D eigenvalue weighted by Gasteiger charge is 2.15. The number of carbonyl (C=O) groups excluding carboxylic acids is 1. The molecule has 0 heterocycles. The highest BCUT2D eigenvalue weighted by Crippen LogP contribution is 2.17. The van der Waals surface area contributed by atoms with E-state index in [2.05, 4.69) is 20.8 Å². The molecule has 0 amide bonds. The van der Waals surface area contributed by atoms with Gasteiger partial charge < -0.3 is 14.9 Å². The van der Waals surface area contributed by atoms with Crippen molar-refractivity contribution in [2.24, 2.45) is 11.8 Å². The number of hydrogen-bond donors (Lipinski definition) is 2. The summed E-state index contributed by atoms with van der Waals surface area (Å²) in [5.74, 6) is 0.459. The van der Waals surface area contributed by atoms with E-state index in [0.29, 0.717) is 18.4 Å². The summed E-state index contributed by atoms with van der Waals surface area (Å²) in [6.45, 7) is 6.23. The minimum absolute atomic E-state index is 0.313. The molecule has 0 bridgehead atoms. The molecule has 0 aliphatic rings. The van der Waals surface area contributed by atoms with Crippen LogP contribution in [0.2, 0.25) is 0 Å². The highest BCUT2D eigenvalue weighted by molar-refractivity contribution is 5.74. The van der Waals surface area contributed by atoms with Crippen LogP contribution in [0.3, 0.4) is 0 Å². The highest BCUT2D eigenvalue weighted by atomic mass is 16.5. The minimum Gasteiger partial charge on any atom is -0.464 e. The number of esters is 1. The SMILES string of the molecule is CCC(C)CC(C)CCOC(=O)C(O)CO. The van der Waals surface area contributed by atoms with Crippen molar-refractivity contribution in [2.45, 2.75) is 46.1 Å². The number of carbonyl (C=O) groups is 1. The predicted molar refractivity (Wildman–Crippen MR) is 61.9 cm³/mol. The quantitative estimate of drug-likeness (QED) is 0.620. The standard InChI is InChI=1S/C12H24O4/c1-4-9(2)7-10(3)5-6-16-12(15)11(14)8-13/h9-11,13-14H,4-8H2,1-3H3. The fraction of sp³-hybridized carbons (Fsp3) is 0.917. The second kappa shape index (κ2) is 8.53. The molecule has 0 radical (unpaired) electrons. The number of rotatable bonds is 8. The largest absolute Gasteiger partial charge is 0.464 e. The summed E-state index contributed by atoms with van der Waals surface area (Å²) < 4.78 is 4.83. The molecule has 0 saturated heterocycles. The van der Waals surface area contributed by atoms with Crippen molar-refractivity contribution in [1.29, 1.82) is 0 Å². The van der Waals surface area contributed by atoms with E-state index in [9.17, 15) is 4.79 Å². The van der Waals surface area contributed by atoms with Crippen molar-refractivity contribution in [3.8, 4) is 0 Å². The maximum absolute atomic E-state index is 11.0. The van der Waals surface area contributed by atoms with Gasteiger partial charge in [-0.1, -0.05) is 27.2 Å². The minimum atomic E-state index is -1.40. The molecule has 16 heavy (non-hydrogen) atoms. The smallest absolute Gasteiger partial charge is 0.337 e. The normalized spacial score (nSPS) is 16.6. The molecule has 3 unspecified atom stereocenters. The van der Waals surface area contributed by atoms with E-state index in [0.717, 1.165) is 19.3 Å². The molecular formula is C12H24O4. The predicted octanol–water partition coefficient (Wildman–Crippen LogP) is 1.35. The van der Waals surface area contributed by atoms with Gasteiger partial charge in [-0.2, -0.15) is 0 Å². The van der Waals surface area contributed by atoms with E-state index in [1.807, 2.05) is 0 Å². The molecule has 0 rings (SSSR count). The second-order valence-corrected chi connectivity index (χ2v) is 4.51. The molecule has 0 spiro atoms. The molecule has 4 heteroatoms. The van der Waals surface area contributed by atoms with Crippen molar-refractivity contribution in [1.82, 2.24) is 0 Å². The number of aliphatic hydroxyl groups is 2. The van der Waals surface area contributed by atoms with Crippen LogP contribution in [0.4, 0.5) is 0 Å². The van der Waals surface area contributed by atoms with Crippen LogP contribution in [0, 0.1) is 11.8 Å². The van der Waals surface area contributed by atoms with E-state index in [1.165, 1.54) is 0 Å². The van der Waals surface area contributed by atoms with Gasteiger partial charge in [0.15, 0.2) is 6.10 Å². The Balaban J connectivity index is 3.61. The van der Waals surface area contributed by atoms with Crippen LogP contribution in [0.25, 0.3) is 0 Å². The van der Waals surface area contributed by atoms with Crippen LogP contribution >= 0.6 is 0 Å². The first-order valence-electron chi connectivity index (χ1n) is 5.96. The van der Waals surface area contributed by atoms with Gasteiger partial charge in [-0.05, 0) is 24.7 Å². The molecule has 0 aromatic carbocycles. The molecule has 96 valence electrons. The summed E-state index contributed by atoms with van der Waals surface area (Å²) in [4.78, 5) is 11.0. The third-order valence-electron chi connectivity index (χ3n) is 2.80. The molecule has 0 aromatic rings. The van der Waals surface area contributed by atoms with Crippen molar-refractivity contribution < 1.29 is 19.7 Å². The molecule has 0 aromatic heterocycles. The van der Waals surface area contributed by atoms with Crippen molar-refractivity contribution >= 4 is 5.97 Å². The third kappa shape index (κ3) is 6.80. The molecule has 4 nitrogen and oxygen atoms in total. The lowest BCUT2D eigenvalue weighted by Crippen LogP contribution is -2.27. The van der Waals surface area contributed by atoms with Crippen LogP contribution < -0.4 is 0 Å². The van der Waals surface area contributed by atoms with Crippen LogP contribution in [0.15, 0.2) is 0 Å². The fourth-order valence-corrected chi connectivity index (χ4v) is 1.50. The fourth-order valence-electron chi connectivity index (χ4n) is 1.50. The molecule has 3 atom stereocenters. The number of hydrogen-bond acceptors (Lipinski definition) is 4. The zero-order valence-electron chi connectivity index (χ0n) is 10.5. The second-order valence-electron chi connectivity index (χ2n) is 4.51. The average molecular weight is 232 g/mol. The van der Waals surface area contributed by atoms with Gasteiger partial charge in [-0.3, -0.25) is 0 Å². The molecule has 0 fully saturated rings. The maximum Gasteiger partial charge on any atom is 0.337 e. The summed E-state index contributed by atoms with van der Waals surface area (Å²) >= 11 is 0. The first-order chi connectivity index (χ1) is 7.51. The molecule has 0 saturated carbocycles. The van der Waals surface area contributed by atoms with E-state index in [1.54, 1.807) is 0 Å². The Morgan fingerprint density at radius 1 is 1.31 bits per heavy atom. The summed E-state index contributed by atoms with van der Waals surface area (Å²) in [6.07, 6.45) is 1.68. The third-order valence-corrected chi connectivity index (χ3v) is 2.80. The Labute approximate surface area is 97.6 Å². The van der Waals surface area contributed by atoms with E-state index in [-0.39, 0.29) is 0 Å². The van der Waals surface area contributed by atoms with Crippen LogP contribution in [-0.2, 0) is 9.53 Å². The van der Waals surface area contributed by atoms with Gasteiger partial charge in [0.05, 0.1) is 13.2 Å². The van der Waals surface area contributed by atoms with E-state index < -0.39 is 18.7 Å².